The molecule has 2 aromatic rings. The topological polar surface area (TPSA) is 68.4 Å². The number of carbonyl (C=O) groups is 2. The number of nitrogens with one attached hydrogen (secondary N) is 2. The van der Waals surface area contributed by atoms with Gasteiger partial charge in [-0.3, -0.25) is 9.59 Å². The molecule has 30 heavy (non-hydrogen) atoms. The molecular formula is C23H27BrN4O2. The first-order valence-electron chi connectivity index (χ1n) is 10.5. The van der Waals surface area contributed by atoms with Gasteiger partial charge in [0.15, 0.2) is 0 Å². The molecule has 7 heteroatoms. The van der Waals surface area contributed by atoms with Crippen molar-refractivity contribution in [3.63, 3.8) is 0 Å². The third kappa shape index (κ3) is 3.61. The molecule has 2 aliphatic heterocycles. The summed E-state index contributed by atoms with van der Waals surface area (Å²) < 4.78 is 0.872. The molecule has 3 heterocycles. The zero-order chi connectivity index (χ0) is 21.4. The van der Waals surface area contributed by atoms with Gasteiger partial charge in [-0.05, 0) is 43.8 Å². The van der Waals surface area contributed by atoms with Crippen LogP contribution in [0.4, 0.5) is 5.69 Å². The van der Waals surface area contributed by atoms with E-state index in [4.69, 9.17) is 0 Å². The molecular weight excluding hydrogens is 444 g/mol. The van der Waals surface area contributed by atoms with Gasteiger partial charge in [-0.1, -0.05) is 35.8 Å². The predicted molar refractivity (Wildman–Crippen MR) is 124 cm³/mol. The molecule has 0 unspecified atom stereocenters. The van der Waals surface area contributed by atoms with Gasteiger partial charge in [-0.25, -0.2) is 0 Å². The lowest BCUT2D eigenvalue weighted by atomic mass is 10.0. The number of benzene rings is 1. The van der Waals surface area contributed by atoms with Crippen molar-refractivity contribution in [3.05, 3.63) is 50.8 Å². The smallest absolute Gasteiger partial charge is 0.256 e. The minimum absolute atomic E-state index is 0.0826. The summed E-state index contributed by atoms with van der Waals surface area (Å²) in [5.74, 6) is -0.0460. The Labute approximate surface area is 185 Å². The Morgan fingerprint density at radius 1 is 1.20 bits per heavy atom. The first-order valence-corrected chi connectivity index (χ1v) is 11.3. The van der Waals surface area contributed by atoms with Gasteiger partial charge < -0.3 is 20.1 Å². The molecule has 1 aromatic carbocycles. The Morgan fingerprint density at radius 2 is 1.97 bits per heavy atom. The molecule has 2 N–H and O–H groups in total. The van der Waals surface area contributed by atoms with E-state index >= 15 is 0 Å². The van der Waals surface area contributed by atoms with Gasteiger partial charge in [0.05, 0.1) is 16.8 Å². The molecule has 6 nitrogen and oxygen atoms in total. The maximum absolute atomic E-state index is 13.2. The van der Waals surface area contributed by atoms with Gasteiger partial charge in [0, 0.05) is 47.5 Å². The highest BCUT2D eigenvalue weighted by Crippen LogP contribution is 2.39. The van der Waals surface area contributed by atoms with Crippen LogP contribution in [-0.4, -0.2) is 59.3 Å². The summed E-state index contributed by atoms with van der Waals surface area (Å²) in [7, 11) is 0. The van der Waals surface area contributed by atoms with Gasteiger partial charge in [0.25, 0.3) is 11.8 Å². The number of nitrogens with zero attached hydrogens (tertiary/aromatic N) is 2. The van der Waals surface area contributed by atoms with Crippen LogP contribution in [0.1, 0.15) is 46.7 Å². The molecule has 0 spiro atoms. The fourth-order valence-electron chi connectivity index (χ4n) is 4.31. The Morgan fingerprint density at radius 3 is 2.70 bits per heavy atom. The number of amides is 2. The molecule has 0 saturated heterocycles. The van der Waals surface area contributed by atoms with Crippen molar-refractivity contribution < 1.29 is 9.59 Å². The highest BCUT2D eigenvalue weighted by Gasteiger charge is 2.31. The summed E-state index contributed by atoms with van der Waals surface area (Å²) >= 11 is 3.55. The van der Waals surface area contributed by atoms with E-state index in [0.29, 0.717) is 5.57 Å². The lowest BCUT2D eigenvalue weighted by Gasteiger charge is -2.29. The van der Waals surface area contributed by atoms with Crippen LogP contribution in [0.3, 0.4) is 0 Å². The number of likely N-dealkylation sites (N-methyl/N-ethyl adjacent to an activating group) is 1. The number of anilines is 1. The Hall–Kier alpha value is -2.38. The highest BCUT2D eigenvalue weighted by molar-refractivity contribution is 9.10. The van der Waals surface area contributed by atoms with Crippen LogP contribution in [0.15, 0.2) is 22.7 Å². The third-order valence-electron chi connectivity index (χ3n) is 6.14. The van der Waals surface area contributed by atoms with E-state index in [9.17, 15) is 9.59 Å². The van der Waals surface area contributed by atoms with E-state index in [-0.39, 0.29) is 11.8 Å². The summed E-state index contributed by atoms with van der Waals surface area (Å²) in [4.78, 5) is 33.4. The number of aromatic amines is 1. The number of hydrogen-bond donors (Lipinski definition) is 2. The van der Waals surface area contributed by atoms with E-state index in [0.717, 1.165) is 77.4 Å². The maximum Gasteiger partial charge on any atom is 0.256 e. The summed E-state index contributed by atoms with van der Waals surface area (Å²) in [6.45, 7) is 10.6. The number of fused-ring (bicyclic) bond motifs is 2. The lowest BCUT2D eigenvalue weighted by molar-refractivity contribution is -0.110. The van der Waals surface area contributed by atoms with E-state index in [2.05, 4.69) is 45.0 Å². The van der Waals surface area contributed by atoms with Crippen molar-refractivity contribution >= 4 is 45.1 Å². The van der Waals surface area contributed by atoms with Crippen LogP contribution in [0.2, 0.25) is 0 Å². The molecule has 0 saturated carbocycles. The standard InChI is InChI=1S/C23H27BrN4O2/c1-4-27(5-2)11-12-28-10-9-18-20(23(28)30)14(3)19(25-18)13-15-21-16(24)7-6-8-17(21)26-22(15)29/h6-8,13,25H,4-5,9-12H2,1-3H3,(H,26,29). The minimum atomic E-state index is -0.129. The van der Waals surface area contributed by atoms with Gasteiger partial charge in [-0.15, -0.1) is 0 Å². The predicted octanol–water partition coefficient (Wildman–Crippen LogP) is 3.92. The third-order valence-corrected chi connectivity index (χ3v) is 6.80. The molecule has 0 aliphatic carbocycles. The molecule has 4 rings (SSSR count). The maximum atomic E-state index is 13.2. The van der Waals surface area contributed by atoms with Crippen LogP contribution >= 0.6 is 15.9 Å². The van der Waals surface area contributed by atoms with Gasteiger partial charge in [0.1, 0.15) is 0 Å². The number of H-pyrrole nitrogens is 1. The minimum Gasteiger partial charge on any atom is -0.358 e. The van der Waals surface area contributed by atoms with Crippen molar-refractivity contribution in [3.8, 4) is 0 Å². The Bertz CT molecular complexity index is 1040. The molecule has 0 fully saturated rings. The normalized spacial score (nSPS) is 17.0. The summed E-state index contributed by atoms with van der Waals surface area (Å²) in [6.07, 6.45) is 2.67. The van der Waals surface area contributed by atoms with E-state index in [1.54, 1.807) is 0 Å². The molecule has 2 amide bonds. The summed E-state index contributed by atoms with van der Waals surface area (Å²) in [5, 5.41) is 2.91. The highest BCUT2D eigenvalue weighted by atomic mass is 79.9. The first kappa shape index (κ1) is 20.9. The number of halogens is 1. The Balaban J connectivity index is 1.63. The fourth-order valence-corrected chi connectivity index (χ4v) is 4.89. The molecule has 2 aliphatic rings. The Kier molecular flexibility index (Phi) is 5.84. The molecule has 0 bridgehead atoms. The zero-order valence-electron chi connectivity index (χ0n) is 17.6. The zero-order valence-corrected chi connectivity index (χ0v) is 19.2. The van der Waals surface area contributed by atoms with Crippen molar-refractivity contribution in [1.29, 1.82) is 0 Å². The number of hydrogen-bond acceptors (Lipinski definition) is 3. The van der Waals surface area contributed by atoms with Crippen molar-refractivity contribution in [2.75, 3.05) is 38.0 Å². The van der Waals surface area contributed by atoms with E-state index in [1.165, 1.54) is 0 Å². The van der Waals surface area contributed by atoms with Crippen molar-refractivity contribution in [1.82, 2.24) is 14.8 Å². The van der Waals surface area contributed by atoms with Crippen molar-refractivity contribution in [2.24, 2.45) is 0 Å². The average Bonchev–Trinajstić information content (AvgIpc) is 3.22. The second-order valence-corrected chi connectivity index (χ2v) is 8.62. The molecule has 0 atom stereocenters. The van der Waals surface area contributed by atoms with Gasteiger partial charge >= 0.3 is 0 Å². The summed E-state index contributed by atoms with van der Waals surface area (Å²) in [6, 6.07) is 5.72. The summed E-state index contributed by atoms with van der Waals surface area (Å²) in [5.41, 5.74) is 5.73. The SMILES string of the molecule is CCN(CC)CCN1CCc2[nH]c(C=C3C(=O)Nc4cccc(Br)c43)c(C)c2C1=O. The lowest BCUT2D eigenvalue weighted by Crippen LogP contribution is -2.42. The van der Waals surface area contributed by atoms with Gasteiger partial charge in [0.2, 0.25) is 0 Å². The molecule has 1 aromatic heterocycles. The quantitative estimate of drug-likeness (QED) is 0.628. The molecule has 158 valence electrons. The van der Waals surface area contributed by atoms with Crippen LogP contribution < -0.4 is 5.32 Å². The van der Waals surface area contributed by atoms with Crippen LogP contribution in [0.25, 0.3) is 11.6 Å². The second-order valence-electron chi connectivity index (χ2n) is 7.76. The van der Waals surface area contributed by atoms with Crippen LogP contribution in [0, 0.1) is 6.92 Å². The van der Waals surface area contributed by atoms with Gasteiger partial charge in [-0.2, -0.15) is 0 Å². The number of aromatic nitrogens is 1. The monoisotopic (exact) mass is 470 g/mol. The molecule has 0 radical (unpaired) electrons. The van der Waals surface area contributed by atoms with E-state index < -0.39 is 0 Å². The van der Waals surface area contributed by atoms with Crippen molar-refractivity contribution in [2.45, 2.75) is 27.2 Å². The number of carbonyl (C=O) groups excluding carboxylic acids is 2. The first-order chi connectivity index (χ1) is 14.4. The second kappa shape index (κ2) is 8.40. The van der Waals surface area contributed by atoms with E-state index in [1.807, 2.05) is 36.1 Å². The van der Waals surface area contributed by atoms with Crippen LogP contribution in [-0.2, 0) is 11.2 Å². The fraction of sp³-hybridized carbons (Fsp3) is 0.391. The largest absolute Gasteiger partial charge is 0.358 e. The average molecular weight is 471 g/mol. The number of rotatable bonds is 6. The van der Waals surface area contributed by atoms with Crippen LogP contribution in [0.5, 0.6) is 0 Å².